The number of hydrogen-bond donors (Lipinski definition) is 2. The molecule has 0 aliphatic heterocycles. The van der Waals surface area contributed by atoms with Crippen LogP contribution >= 0.6 is 11.5 Å². The first-order valence-electron chi connectivity index (χ1n) is 4.48. The number of rotatable bonds is 4. The zero-order valence-electron chi connectivity index (χ0n) is 8.50. The number of anilines is 1. The summed E-state index contributed by atoms with van der Waals surface area (Å²) in [6.07, 6.45) is 0.812. The van der Waals surface area contributed by atoms with Crippen molar-refractivity contribution in [2.75, 3.05) is 12.4 Å². The summed E-state index contributed by atoms with van der Waals surface area (Å²) < 4.78 is 4.11. The fourth-order valence-corrected chi connectivity index (χ4v) is 1.66. The van der Waals surface area contributed by atoms with Crippen LogP contribution in [0.25, 0.3) is 0 Å². The van der Waals surface area contributed by atoms with Crippen LogP contribution in [0.15, 0.2) is 0 Å². The van der Waals surface area contributed by atoms with Crippen molar-refractivity contribution in [3.8, 4) is 0 Å². The van der Waals surface area contributed by atoms with Gasteiger partial charge in [0, 0.05) is 25.0 Å². The molecule has 0 saturated carbocycles. The maximum Gasteiger partial charge on any atom is 0.242 e. The summed E-state index contributed by atoms with van der Waals surface area (Å²) in [7, 11) is 1.61. The molecule has 0 radical (unpaired) electrons. The second-order valence-electron chi connectivity index (χ2n) is 2.85. The van der Waals surface area contributed by atoms with Gasteiger partial charge in [0.25, 0.3) is 0 Å². The summed E-state index contributed by atoms with van der Waals surface area (Å²) in [5, 5.41) is 6.23. The molecule has 1 heterocycles. The molecule has 0 aliphatic rings. The molecule has 78 valence electrons. The molecule has 0 bridgehead atoms. The number of amides is 1. The predicted octanol–water partition coefficient (Wildman–Crippen LogP) is 0.647. The van der Waals surface area contributed by atoms with Crippen molar-refractivity contribution in [1.82, 2.24) is 14.7 Å². The lowest BCUT2D eigenvalue weighted by atomic mass is 10.3. The zero-order valence-corrected chi connectivity index (χ0v) is 9.31. The summed E-state index contributed by atoms with van der Waals surface area (Å²) in [5.74, 6) is 0.750. The standard InChI is InChI=1S/C8H14N4OS/c1-4-6-11-8(14-12-6)10-5(2)7(13)9-3/h5H,4H2,1-3H3,(H,9,13)(H,10,11,12)/t5-/m1/s1. The predicted molar refractivity (Wildman–Crippen MR) is 56.4 cm³/mol. The minimum absolute atomic E-state index is 0.0572. The number of likely N-dealkylation sites (N-methyl/N-ethyl adjacent to an activating group) is 1. The molecule has 14 heavy (non-hydrogen) atoms. The van der Waals surface area contributed by atoms with Gasteiger partial charge < -0.3 is 10.6 Å². The number of hydrogen-bond acceptors (Lipinski definition) is 5. The molecule has 0 spiro atoms. The number of carbonyl (C=O) groups excluding carboxylic acids is 1. The number of nitrogens with one attached hydrogen (secondary N) is 2. The third kappa shape index (κ3) is 2.66. The molecule has 1 amide bonds. The highest BCUT2D eigenvalue weighted by Gasteiger charge is 2.12. The Kier molecular flexibility index (Phi) is 3.82. The highest BCUT2D eigenvalue weighted by molar-refractivity contribution is 7.09. The van der Waals surface area contributed by atoms with Crippen LogP contribution in [0.3, 0.4) is 0 Å². The molecule has 1 aromatic heterocycles. The van der Waals surface area contributed by atoms with Crippen LogP contribution in [-0.2, 0) is 11.2 Å². The number of nitrogens with zero attached hydrogens (tertiary/aromatic N) is 2. The average Bonchev–Trinajstić information content (AvgIpc) is 2.64. The molecule has 2 N–H and O–H groups in total. The molecule has 6 heteroatoms. The molecule has 1 aromatic rings. The summed E-state index contributed by atoms with van der Waals surface area (Å²) in [4.78, 5) is 15.4. The Morgan fingerprint density at radius 2 is 2.36 bits per heavy atom. The first kappa shape index (κ1) is 10.9. The van der Waals surface area contributed by atoms with E-state index < -0.39 is 0 Å². The lowest BCUT2D eigenvalue weighted by Crippen LogP contribution is -2.35. The van der Waals surface area contributed by atoms with E-state index in [1.807, 2.05) is 6.92 Å². The lowest BCUT2D eigenvalue weighted by Gasteiger charge is -2.09. The third-order valence-electron chi connectivity index (χ3n) is 1.76. The van der Waals surface area contributed by atoms with E-state index >= 15 is 0 Å². The Bertz CT molecular complexity index is 312. The van der Waals surface area contributed by atoms with Gasteiger partial charge in [0.1, 0.15) is 11.9 Å². The van der Waals surface area contributed by atoms with Crippen molar-refractivity contribution in [2.24, 2.45) is 0 Å². The number of aromatic nitrogens is 2. The van der Waals surface area contributed by atoms with Crippen molar-refractivity contribution < 1.29 is 4.79 Å². The molecule has 1 rings (SSSR count). The fraction of sp³-hybridized carbons (Fsp3) is 0.625. The van der Waals surface area contributed by atoms with Crippen molar-refractivity contribution in [2.45, 2.75) is 26.3 Å². The van der Waals surface area contributed by atoms with E-state index in [1.165, 1.54) is 11.5 Å². The summed E-state index contributed by atoms with van der Waals surface area (Å²) in [6, 6.07) is -0.280. The van der Waals surface area contributed by atoms with Gasteiger partial charge in [-0.2, -0.15) is 4.37 Å². The monoisotopic (exact) mass is 214 g/mol. The zero-order chi connectivity index (χ0) is 10.6. The second kappa shape index (κ2) is 4.90. The van der Waals surface area contributed by atoms with E-state index in [2.05, 4.69) is 20.0 Å². The Balaban J connectivity index is 2.55. The minimum atomic E-state index is -0.280. The van der Waals surface area contributed by atoms with Crippen LogP contribution in [0, 0.1) is 0 Å². The highest BCUT2D eigenvalue weighted by atomic mass is 32.1. The third-order valence-corrected chi connectivity index (χ3v) is 2.45. The van der Waals surface area contributed by atoms with E-state index in [0.29, 0.717) is 5.13 Å². The smallest absolute Gasteiger partial charge is 0.242 e. The fourth-order valence-electron chi connectivity index (χ4n) is 0.923. The topological polar surface area (TPSA) is 66.9 Å². The minimum Gasteiger partial charge on any atom is -0.357 e. The molecule has 0 aromatic carbocycles. The maximum absolute atomic E-state index is 11.2. The summed E-state index contributed by atoms with van der Waals surface area (Å²) in [5.41, 5.74) is 0. The van der Waals surface area contributed by atoms with Gasteiger partial charge in [-0.1, -0.05) is 6.92 Å². The summed E-state index contributed by atoms with van der Waals surface area (Å²) in [6.45, 7) is 3.78. The van der Waals surface area contributed by atoms with Crippen molar-refractivity contribution in [1.29, 1.82) is 0 Å². The van der Waals surface area contributed by atoms with Crippen LogP contribution in [-0.4, -0.2) is 28.4 Å². The van der Waals surface area contributed by atoms with Gasteiger partial charge in [0.05, 0.1) is 0 Å². The molecule has 0 saturated heterocycles. The number of carbonyl (C=O) groups is 1. The molecule has 0 fully saturated rings. The van der Waals surface area contributed by atoms with Gasteiger partial charge in [-0.05, 0) is 6.92 Å². The lowest BCUT2D eigenvalue weighted by molar-refractivity contribution is -0.121. The van der Waals surface area contributed by atoms with E-state index in [1.54, 1.807) is 14.0 Å². The van der Waals surface area contributed by atoms with Crippen molar-refractivity contribution in [3.05, 3.63) is 5.82 Å². The molecule has 0 unspecified atom stereocenters. The van der Waals surface area contributed by atoms with Gasteiger partial charge in [-0.3, -0.25) is 4.79 Å². The van der Waals surface area contributed by atoms with Crippen LogP contribution in [0.4, 0.5) is 5.13 Å². The first-order valence-corrected chi connectivity index (χ1v) is 5.25. The Morgan fingerprint density at radius 1 is 1.64 bits per heavy atom. The second-order valence-corrected chi connectivity index (χ2v) is 3.60. The van der Waals surface area contributed by atoms with Crippen LogP contribution in [0.2, 0.25) is 0 Å². The molecule has 5 nitrogen and oxygen atoms in total. The highest BCUT2D eigenvalue weighted by Crippen LogP contribution is 2.12. The molecular formula is C8H14N4OS. The van der Waals surface area contributed by atoms with E-state index in [-0.39, 0.29) is 11.9 Å². The molecule has 1 atom stereocenters. The van der Waals surface area contributed by atoms with Crippen LogP contribution in [0.5, 0.6) is 0 Å². The normalized spacial score (nSPS) is 12.2. The van der Waals surface area contributed by atoms with Gasteiger partial charge in [0.15, 0.2) is 0 Å². The van der Waals surface area contributed by atoms with Gasteiger partial charge in [-0.25, -0.2) is 4.98 Å². The largest absolute Gasteiger partial charge is 0.357 e. The maximum atomic E-state index is 11.2. The van der Waals surface area contributed by atoms with Crippen molar-refractivity contribution in [3.63, 3.8) is 0 Å². The van der Waals surface area contributed by atoms with Crippen LogP contribution in [0.1, 0.15) is 19.7 Å². The number of aryl methyl sites for hydroxylation is 1. The first-order chi connectivity index (χ1) is 6.67. The van der Waals surface area contributed by atoms with E-state index in [0.717, 1.165) is 12.2 Å². The van der Waals surface area contributed by atoms with Gasteiger partial charge in [0.2, 0.25) is 11.0 Å². The Labute approximate surface area is 87.1 Å². The molecule has 0 aliphatic carbocycles. The van der Waals surface area contributed by atoms with Crippen molar-refractivity contribution >= 4 is 22.6 Å². The van der Waals surface area contributed by atoms with Crippen LogP contribution < -0.4 is 10.6 Å². The average molecular weight is 214 g/mol. The molecular weight excluding hydrogens is 200 g/mol. The Morgan fingerprint density at radius 3 is 2.86 bits per heavy atom. The van der Waals surface area contributed by atoms with Gasteiger partial charge >= 0.3 is 0 Å². The quantitative estimate of drug-likeness (QED) is 0.772. The van der Waals surface area contributed by atoms with E-state index in [4.69, 9.17) is 0 Å². The SMILES string of the molecule is CCc1nsc(N[C@H](C)C(=O)NC)n1. The van der Waals surface area contributed by atoms with Gasteiger partial charge in [-0.15, -0.1) is 0 Å². The van der Waals surface area contributed by atoms with E-state index in [9.17, 15) is 4.79 Å². The Hall–Kier alpha value is -1.17. The summed E-state index contributed by atoms with van der Waals surface area (Å²) >= 11 is 1.28.